The Balaban J connectivity index is 2.54. The van der Waals surface area contributed by atoms with Crippen molar-refractivity contribution in [1.82, 2.24) is 5.32 Å². The third-order valence-electron chi connectivity index (χ3n) is 2.65. The highest BCUT2D eigenvalue weighted by molar-refractivity contribution is 7.80. The number of nitrogens with two attached hydrogens (primary N) is 1. The first kappa shape index (κ1) is 14.1. The van der Waals surface area contributed by atoms with Crippen LogP contribution in [0.1, 0.15) is 25.6 Å². The van der Waals surface area contributed by atoms with E-state index in [9.17, 15) is 4.79 Å². The molecule has 0 bridgehead atoms. The molecule has 0 aromatic carbocycles. The molecule has 17 heavy (non-hydrogen) atoms. The lowest BCUT2D eigenvalue weighted by Crippen LogP contribution is -2.48. The Hall–Kier alpha value is -0.940. The minimum absolute atomic E-state index is 0.0785. The quantitative estimate of drug-likeness (QED) is 0.806. The van der Waals surface area contributed by atoms with E-state index in [0.717, 1.165) is 6.42 Å². The number of carbonyl (C=O) groups is 1. The first-order chi connectivity index (χ1) is 7.84. The van der Waals surface area contributed by atoms with Gasteiger partial charge in [-0.3, -0.25) is 4.79 Å². The van der Waals surface area contributed by atoms with Crippen LogP contribution in [0.15, 0.2) is 17.5 Å². The van der Waals surface area contributed by atoms with Crippen LogP contribution in [-0.4, -0.2) is 16.9 Å². The lowest BCUT2D eigenvalue weighted by Gasteiger charge is -2.24. The Labute approximate surface area is 111 Å². The molecule has 0 radical (unpaired) electrons. The molecule has 1 aromatic rings. The zero-order valence-corrected chi connectivity index (χ0v) is 12.0. The fourth-order valence-corrected chi connectivity index (χ4v) is 2.23. The molecule has 1 heterocycles. The molecular weight excluding hydrogens is 252 g/mol. The van der Waals surface area contributed by atoms with Crippen molar-refractivity contribution < 1.29 is 4.79 Å². The summed E-state index contributed by atoms with van der Waals surface area (Å²) in [7, 11) is 0. The van der Waals surface area contributed by atoms with E-state index in [1.807, 2.05) is 18.4 Å². The van der Waals surface area contributed by atoms with Gasteiger partial charge in [0, 0.05) is 17.3 Å². The van der Waals surface area contributed by atoms with Crippen molar-refractivity contribution in [2.75, 3.05) is 0 Å². The van der Waals surface area contributed by atoms with Gasteiger partial charge < -0.3 is 11.1 Å². The van der Waals surface area contributed by atoms with Crippen molar-refractivity contribution >= 4 is 34.5 Å². The molecule has 0 aliphatic carbocycles. The van der Waals surface area contributed by atoms with Crippen LogP contribution < -0.4 is 11.1 Å². The number of carbonyl (C=O) groups excluding carboxylic acids is 1. The molecule has 0 saturated heterocycles. The van der Waals surface area contributed by atoms with E-state index >= 15 is 0 Å². The second kappa shape index (κ2) is 5.60. The van der Waals surface area contributed by atoms with Gasteiger partial charge in [-0.1, -0.05) is 18.3 Å². The molecule has 1 atom stereocenters. The number of nitrogens with one attached hydrogen (secondary N) is 1. The molecule has 3 nitrogen and oxygen atoms in total. The van der Waals surface area contributed by atoms with Crippen LogP contribution in [0.4, 0.5) is 0 Å². The predicted octanol–water partition coefficient (Wildman–Crippen LogP) is 2.11. The molecule has 0 aliphatic rings. The molecule has 1 aromatic heterocycles. The maximum Gasteiger partial charge on any atom is 0.232 e. The van der Waals surface area contributed by atoms with Gasteiger partial charge in [0.1, 0.15) is 0 Å². The Bertz CT molecular complexity index is 399. The molecule has 94 valence electrons. The highest BCUT2D eigenvalue weighted by Crippen LogP contribution is 2.17. The molecular formula is C12H18N2OS2. The number of hydrogen-bond donors (Lipinski definition) is 2. The van der Waals surface area contributed by atoms with Gasteiger partial charge in [-0.2, -0.15) is 0 Å². The van der Waals surface area contributed by atoms with Gasteiger partial charge in [0.05, 0.1) is 10.4 Å². The van der Waals surface area contributed by atoms with Crippen LogP contribution in [0.2, 0.25) is 0 Å². The van der Waals surface area contributed by atoms with Gasteiger partial charge in [-0.05, 0) is 32.2 Å². The summed E-state index contributed by atoms with van der Waals surface area (Å²) in [5.41, 5.74) is 4.76. The smallest absolute Gasteiger partial charge is 0.232 e. The summed E-state index contributed by atoms with van der Waals surface area (Å²) in [5.74, 6) is -0.117. The summed E-state index contributed by atoms with van der Waals surface area (Å²) < 4.78 is 0. The van der Waals surface area contributed by atoms with Crippen molar-refractivity contribution in [2.45, 2.75) is 33.2 Å². The number of thiophene rings is 1. The topological polar surface area (TPSA) is 55.1 Å². The van der Waals surface area contributed by atoms with Crippen molar-refractivity contribution in [3.63, 3.8) is 0 Å². The zero-order chi connectivity index (χ0) is 13.1. The van der Waals surface area contributed by atoms with E-state index in [-0.39, 0.29) is 16.9 Å². The Morgan fingerprint density at radius 2 is 2.29 bits per heavy atom. The highest BCUT2D eigenvalue weighted by atomic mass is 32.1. The number of amides is 1. The van der Waals surface area contributed by atoms with E-state index in [1.54, 1.807) is 25.2 Å². The maximum atomic E-state index is 12.0. The molecule has 5 heteroatoms. The average Bonchev–Trinajstić information content (AvgIpc) is 2.69. The minimum atomic E-state index is -0.793. The SMILES string of the molecule is CC(Cc1cccs1)NC(=O)C(C)(C)C(N)=S. The predicted molar refractivity (Wildman–Crippen MR) is 76.2 cm³/mol. The fraction of sp³-hybridized carbons (Fsp3) is 0.500. The van der Waals surface area contributed by atoms with E-state index in [2.05, 4.69) is 11.4 Å². The summed E-state index contributed by atoms with van der Waals surface area (Å²) in [6.45, 7) is 5.46. The average molecular weight is 270 g/mol. The summed E-state index contributed by atoms with van der Waals surface area (Å²) in [4.78, 5) is 13.4. The monoisotopic (exact) mass is 270 g/mol. The van der Waals surface area contributed by atoms with Gasteiger partial charge in [0.2, 0.25) is 5.91 Å². The third-order valence-corrected chi connectivity index (χ3v) is 4.06. The molecule has 0 spiro atoms. The first-order valence-corrected chi connectivity index (χ1v) is 6.76. The van der Waals surface area contributed by atoms with Crippen LogP contribution in [0, 0.1) is 5.41 Å². The van der Waals surface area contributed by atoms with E-state index in [0.29, 0.717) is 0 Å². The first-order valence-electron chi connectivity index (χ1n) is 5.47. The zero-order valence-electron chi connectivity index (χ0n) is 10.3. The minimum Gasteiger partial charge on any atom is -0.392 e. The van der Waals surface area contributed by atoms with Crippen LogP contribution >= 0.6 is 23.6 Å². The van der Waals surface area contributed by atoms with E-state index in [4.69, 9.17) is 18.0 Å². The van der Waals surface area contributed by atoms with Crippen molar-refractivity contribution in [3.8, 4) is 0 Å². The highest BCUT2D eigenvalue weighted by Gasteiger charge is 2.31. The molecule has 1 unspecified atom stereocenters. The Morgan fingerprint density at radius 3 is 2.76 bits per heavy atom. The fourth-order valence-electron chi connectivity index (χ4n) is 1.30. The van der Waals surface area contributed by atoms with E-state index < -0.39 is 5.41 Å². The summed E-state index contributed by atoms with van der Waals surface area (Å²) >= 11 is 6.59. The second-order valence-electron chi connectivity index (χ2n) is 4.65. The largest absolute Gasteiger partial charge is 0.392 e. The van der Waals surface area contributed by atoms with Crippen LogP contribution in [0.3, 0.4) is 0 Å². The molecule has 0 aliphatic heterocycles. The van der Waals surface area contributed by atoms with Crippen LogP contribution in [0.5, 0.6) is 0 Å². The van der Waals surface area contributed by atoms with Crippen LogP contribution in [-0.2, 0) is 11.2 Å². The molecule has 3 N–H and O–H groups in total. The van der Waals surface area contributed by atoms with Gasteiger partial charge >= 0.3 is 0 Å². The van der Waals surface area contributed by atoms with Crippen molar-refractivity contribution in [3.05, 3.63) is 22.4 Å². The van der Waals surface area contributed by atoms with Crippen LogP contribution in [0.25, 0.3) is 0 Å². The van der Waals surface area contributed by atoms with Crippen molar-refractivity contribution in [2.24, 2.45) is 11.1 Å². The third kappa shape index (κ3) is 3.78. The Morgan fingerprint density at radius 1 is 1.65 bits per heavy atom. The van der Waals surface area contributed by atoms with Gasteiger partial charge in [0.15, 0.2) is 0 Å². The normalized spacial score (nSPS) is 13.1. The lowest BCUT2D eigenvalue weighted by molar-refractivity contribution is -0.126. The van der Waals surface area contributed by atoms with E-state index in [1.165, 1.54) is 4.88 Å². The number of rotatable bonds is 5. The second-order valence-corrected chi connectivity index (χ2v) is 6.12. The number of hydrogen-bond acceptors (Lipinski definition) is 3. The van der Waals surface area contributed by atoms with Crippen molar-refractivity contribution in [1.29, 1.82) is 0 Å². The maximum absolute atomic E-state index is 12.0. The van der Waals surface area contributed by atoms with Gasteiger partial charge in [-0.15, -0.1) is 11.3 Å². The lowest BCUT2D eigenvalue weighted by atomic mass is 9.92. The molecule has 1 amide bonds. The summed E-state index contributed by atoms with van der Waals surface area (Å²) in [6.07, 6.45) is 0.830. The number of thiocarbonyl (C=S) groups is 1. The molecule has 1 rings (SSSR count). The molecule has 0 saturated carbocycles. The Kier molecular flexibility index (Phi) is 4.65. The summed E-state index contributed by atoms with van der Waals surface area (Å²) in [6, 6.07) is 4.15. The molecule has 0 fully saturated rings. The standard InChI is InChI=1S/C12H18N2OS2/c1-8(7-9-5-4-6-17-9)14-11(15)12(2,3)10(13)16/h4-6,8H,7H2,1-3H3,(H2,13,16)(H,14,15). The van der Waals surface area contributed by atoms with Gasteiger partial charge in [0.25, 0.3) is 0 Å². The van der Waals surface area contributed by atoms with Gasteiger partial charge in [-0.25, -0.2) is 0 Å². The summed E-state index contributed by atoms with van der Waals surface area (Å²) in [5, 5.41) is 4.97.